The molecule has 0 heterocycles. The van der Waals surface area contributed by atoms with Crippen molar-refractivity contribution in [2.75, 3.05) is 19.1 Å². The largest absolute Gasteiger partial charge is 0.377 e. The number of ether oxygens (including phenoxy) is 1. The molecule has 0 spiro atoms. The molecule has 0 saturated heterocycles. The molecule has 1 aliphatic rings. The van der Waals surface area contributed by atoms with Crippen LogP contribution in [0.25, 0.3) is 0 Å². The van der Waals surface area contributed by atoms with Gasteiger partial charge in [0.15, 0.2) is 0 Å². The third-order valence-corrected chi connectivity index (χ3v) is 4.89. The maximum Gasteiger partial charge on any atom is 0.0671 e. The highest BCUT2D eigenvalue weighted by atomic mass is 35.5. The summed E-state index contributed by atoms with van der Waals surface area (Å²) in [6.07, 6.45) is 5.35. The van der Waals surface area contributed by atoms with Crippen LogP contribution in [0.4, 0.5) is 0 Å². The summed E-state index contributed by atoms with van der Waals surface area (Å²) in [5.74, 6) is 1.93. The molecular formula is C15H27ClO. The lowest BCUT2D eigenvalue weighted by molar-refractivity contribution is 0.00678. The molecule has 3 unspecified atom stereocenters. The molecule has 2 heteroatoms. The summed E-state index contributed by atoms with van der Waals surface area (Å²) in [7, 11) is 0. The van der Waals surface area contributed by atoms with Gasteiger partial charge in [-0.3, -0.25) is 0 Å². The van der Waals surface area contributed by atoms with E-state index in [1.807, 2.05) is 6.92 Å². The zero-order chi connectivity index (χ0) is 12.9. The van der Waals surface area contributed by atoms with Crippen LogP contribution >= 0.6 is 11.6 Å². The van der Waals surface area contributed by atoms with Crippen LogP contribution in [0.5, 0.6) is 0 Å². The standard InChI is InChI=1S/C15H27ClO/c1-12(2)10-17-11-14(9-16)15(4)8-6-5-7-13(15)3/h13-14H,1,5-11H2,2-4H3. The first kappa shape index (κ1) is 15.0. The highest BCUT2D eigenvalue weighted by molar-refractivity contribution is 6.18. The third kappa shape index (κ3) is 3.99. The van der Waals surface area contributed by atoms with Gasteiger partial charge in [-0.25, -0.2) is 0 Å². The van der Waals surface area contributed by atoms with E-state index in [0.717, 1.165) is 18.1 Å². The molecule has 0 N–H and O–H groups in total. The van der Waals surface area contributed by atoms with E-state index in [1.165, 1.54) is 25.7 Å². The fourth-order valence-electron chi connectivity index (χ4n) is 2.93. The first-order valence-electron chi connectivity index (χ1n) is 6.78. The van der Waals surface area contributed by atoms with Gasteiger partial charge in [0.25, 0.3) is 0 Å². The van der Waals surface area contributed by atoms with E-state index in [4.69, 9.17) is 16.3 Å². The Bertz CT molecular complexity index is 251. The number of hydrogen-bond acceptors (Lipinski definition) is 1. The van der Waals surface area contributed by atoms with Gasteiger partial charge in [0.2, 0.25) is 0 Å². The Balaban J connectivity index is 2.54. The van der Waals surface area contributed by atoms with Gasteiger partial charge in [-0.2, -0.15) is 0 Å². The van der Waals surface area contributed by atoms with E-state index >= 15 is 0 Å². The minimum atomic E-state index is 0.356. The predicted octanol–water partition coefficient (Wildman–Crippen LogP) is 4.65. The molecule has 0 aromatic carbocycles. The molecule has 1 saturated carbocycles. The van der Waals surface area contributed by atoms with Gasteiger partial charge in [0, 0.05) is 11.8 Å². The number of halogens is 1. The monoisotopic (exact) mass is 258 g/mol. The average molecular weight is 259 g/mol. The molecule has 3 atom stereocenters. The quantitative estimate of drug-likeness (QED) is 0.498. The van der Waals surface area contributed by atoms with Crippen molar-refractivity contribution in [3.05, 3.63) is 12.2 Å². The van der Waals surface area contributed by atoms with E-state index < -0.39 is 0 Å². The van der Waals surface area contributed by atoms with E-state index in [-0.39, 0.29) is 0 Å². The molecule has 0 radical (unpaired) electrons. The number of alkyl halides is 1. The zero-order valence-electron chi connectivity index (χ0n) is 11.6. The van der Waals surface area contributed by atoms with Gasteiger partial charge in [-0.15, -0.1) is 11.6 Å². The molecule has 1 aliphatic carbocycles. The summed E-state index contributed by atoms with van der Waals surface area (Å²) in [4.78, 5) is 0. The van der Waals surface area contributed by atoms with Gasteiger partial charge in [-0.05, 0) is 24.7 Å². The molecular weight excluding hydrogens is 232 g/mol. The van der Waals surface area contributed by atoms with Crippen LogP contribution < -0.4 is 0 Å². The summed E-state index contributed by atoms with van der Waals surface area (Å²) < 4.78 is 5.73. The number of rotatable bonds is 6. The second-order valence-corrected chi connectivity index (χ2v) is 6.28. The maximum absolute atomic E-state index is 6.17. The summed E-state index contributed by atoms with van der Waals surface area (Å²) in [6, 6.07) is 0. The minimum Gasteiger partial charge on any atom is -0.377 e. The van der Waals surface area contributed by atoms with Gasteiger partial charge in [0.05, 0.1) is 13.2 Å². The summed E-state index contributed by atoms with van der Waals surface area (Å²) in [5, 5.41) is 0. The molecule has 1 rings (SSSR count). The molecule has 0 bridgehead atoms. The Morgan fingerprint density at radius 3 is 2.76 bits per heavy atom. The topological polar surface area (TPSA) is 9.23 Å². The summed E-state index contributed by atoms with van der Waals surface area (Å²) in [6.45, 7) is 12.1. The van der Waals surface area contributed by atoms with Crippen LogP contribution in [0.2, 0.25) is 0 Å². The van der Waals surface area contributed by atoms with Crippen molar-refractivity contribution < 1.29 is 4.74 Å². The normalized spacial score (nSPS) is 31.2. The van der Waals surface area contributed by atoms with Crippen LogP contribution in [0.15, 0.2) is 12.2 Å². The van der Waals surface area contributed by atoms with Crippen LogP contribution in [0.1, 0.15) is 46.5 Å². The van der Waals surface area contributed by atoms with Gasteiger partial charge in [0.1, 0.15) is 0 Å². The first-order valence-corrected chi connectivity index (χ1v) is 7.32. The number of hydrogen-bond donors (Lipinski definition) is 0. The Kier molecular flexibility index (Phi) is 6.02. The van der Waals surface area contributed by atoms with E-state index in [2.05, 4.69) is 20.4 Å². The van der Waals surface area contributed by atoms with Crippen molar-refractivity contribution in [1.29, 1.82) is 0 Å². The highest BCUT2D eigenvalue weighted by Gasteiger charge is 2.40. The lowest BCUT2D eigenvalue weighted by Crippen LogP contribution is -2.40. The molecule has 0 aromatic heterocycles. The van der Waals surface area contributed by atoms with Crippen LogP contribution in [-0.2, 0) is 4.74 Å². The Hall–Kier alpha value is -0.0100. The van der Waals surface area contributed by atoms with Gasteiger partial charge < -0.3 is 4.74 Å². The average Bonchev–Trinajstić information content (AvgIpc) is 2.28. The Labute approximate surface area is 112 Å². The second kappa shape index (κ2) is 6.80. The SMILES string of the molecule is C=C(C)COCC(CCl)C1(C)CCCCC1C. The lowest BCUT2D eigenvalue weighted by Gasteiger charge is -2.45. The predicted molar refractivity (Wildman–Crippen MR) is 75.6 cm³/mol. The fourth-order valence-corrected chi connectivity index (χ4v) is 3.37. The van der Waals surface area contributed by atoms with E-state index in [1.54, 1.807) is 0 Å². The Morgan fingerprint density at radius 2 is 2.24 bits per heavy atom. The van der Waals surface area contributed by atoms with Crippen LogP contribution in [-0.4, -0.2) is 19.1 Å². The van der Waals surface area contributed by atoms with Crippen molar-refractivity contribution in [3.63, 3.8) is 0 Å². The molecule has 1 fully saturated rings. The van der Waals surface area contributed by atoms with Gasteiger partial charge in [-0.1, -0.05) is 45.3 Å². The molecule has 0 amide bonds. The van der Waals surface area contributed by atoms with Crippen molar-refractivity contribution >= 4 is 11.6 Å². The third-order valence-electron chi connectivity index (χ3n) is 4.51. The lowest BCUT2D eigenvalue weighted by atomic mass is 9.62. The molecule has 0 aromatic rings. The summed E-state index contributed by atoms with van der Waals surface area (Å²) >= 11 is 6.17. The van der Waals surface area contributed by atoms with Crippen molar-refractivity contribution in [3.8, 4) is 0 Å². The van der Waals surface area contributed by atoms with Crippen molar-refractivity contribution in [2.45, 2.75) is 46.5 Å². The fraction of sp³-hybridized carbons (Fsp3) is 0.867. The highest BCUT2D eigenvalue weighted by Crippen LogP contribution is 2.46. The maximum atomic E-state index is 6.17. The first-order chi connectivity index (χ1) is 8.00. The molecule has 1 nitrogen and oxygen atoms in total. The van der Waals surface area contributed by atoms with Crippen LogP contribution in [0, 0.1) is 17.3 Å². The van der Waals surface area contributed by atoms with E-state index in [0.29, 0.717) is 23.8 Å². The molecule has 0 aliphatic heterocycles. The van der Waals surface area contributed by atoms with Crippen molar-refractivity contribution in [2.24, 2.45) is 17.3 Å². The second-order valence-electron chi connectivity index (χ2n) is 5.98. The smallest absolute Gasteiger partial charge is 0.0671 e. The van der Waals surface area contributed by atoms with Crippen LogP contribution in [0.3, 0.4) is 0 Å². The zero-order valence-corrected chi connectivity index (χ0v) is 12.4. The summed E-state index contributed by atoms with van der Waals surface area (Å²) in [5.41, 5.74) is 1.44. The molecule has 17 heavy (non-hydrogen) atoms. The minimum absolute atomic E-state index is 0.356. The van der Waals surface area contributed by atoms with Crippen molar-refractivity contribution in [1.82, 2.24) is 0 Å². The molecule has 100 valence electrons. The van der Waals surface area contributed by atoms with Gasteiger partial charge >= 0.3 is 0 Å². The van der Waals surface area contributed by atoms with E-state index in [9.17, 15) is 0 Å². The Morgan fingerprint density at radius 1 is 1.53 bits per heavy atom.